The maximum Gasteiger partial charge on any atom is 0.247 e. The predicted octanol–water partition coefficient (Wildman–Crippen LogP) is 1.77. The lowest BCUT2D eigenvalue weighted by Crippen LogP contribution is -2.47. The minimum atomic E-state index is -3.53. The molecule has 6 heteroatoms. The molecule has 0 bridgehead atoms. The number of methoxy groups -OCH3 is 1. The second kappa shape index (κ2) is 6.77. The molecule has 1 saturated heterocycles. The largest absolute Gasteiger partial charge is 0.495 e. The molecule has 0 aliphatic carbocycles. The zero-order valence-corrected chi connectivity index (χ0v) is 13.7. The van der Waals surface area contributed by atoms with E-state index in [1.165, 1.54) is 7.11 Å². The lowest BCUT2D eigenvalue weighted by atomic mass is 10.1. The van der Waals surface area contributed by atoms with Gasteiger partial charge in [-0.2, -0.15) is 4.31 Å². The van der Waals surface area contributed by atoms with Gasteiger partial charge in [0, 0.05) is 19.1 Å². The summed E-state index contributed by atoms with van der Waals surface area (Å²) in [6.45, 7) is 3.14. The smallest absolute Gasteiger partial charge is 0.247 e. The van der Waals surface area contributed by atoms with Crippen LogP contribution in [0, 0.1) is 6.92 Å². The molecule has 118 valence electrons. The van der Waals surface area contributed by atoms with Gasteiger partial charge in [-0.05, 0) is 44.5 Å². The molecule has 0 radical (unpaired) electrons. The highest BCUT2D eigenvalue weighted by Crippen LogP contribution is 2.31. The number of aryl methyl sites for hydroxylation is 1. The minimum Gasteiger partial charge on any atom is -0.495 e. The van der Waals surface area contributed by atoms with E-state index in [-0.39, 0.29) is 10.9 Å². The fourth-order valence-electron chi connectivity index (χ4n) is 2.84. The molecule has 1 unspecified atom stereocenters. The molecule has 0 saturated carbocycles. The van der Waals surface area contributed by atoms with Gasteiger partial charge in [0.2, 0.25) is 10.0 Å². The Kier molecular flexibility index (Phi) is 5.24. The van der Waals surface area contributed by atoms with Gasteiger partial charge in [-0.25, -0.2) is 8.42 Å². The normalized spacial score (nSPS) is 20.4. The van der Waals surface area contributed by atoms with Crippen molar-refractivity contribution in [3.8, 4) is 5.75 Å². The van der Waals surface area contributed by atoms with Crippen LogP contribution in [-0.4, -0.2) is 46.0 Å². The Morgan fingerprint density at radius 2 is 2.14 bits per heavy atom. The van der Waals surface area contributed by atoms with Gasteiger partial charge in [-0.15, -0.1) is 0 Å². The van der Waals surface area contributed by atoms with Gasteiger partial charge in [0.15, 0.2) is 0 Å². The highest BCUT2D eigenvalue weighted by atomic mass is 32.2. The highest BCUT2D eigenvalue weighted by Gasteiger charge is 2.34. The van der Waals surface area contributed by atoms with Gasteiger partial charge >= 0.3 is 0 Å². The molecule has 1 atom stereocenters. The Labute approximate surface area is 127 Å². The summed E-state index contributed by atoms with van der Waals surface area (Å²) in [7, 11) is -0.172. The second-order valence-electron chi connectivity index (χ2n) is 5.48. The van der Waals surface area contributed by atoms with Gasteiger partial charge in [-0.3, -0.25) is 0 Å². The molecule has 1 N–H and O–H groups in total. The molecule has 1 aliphatic rings. The first-order valence-corrected chi connectivity index (χ1v) is 8.75. The number of ether oxygens (including phenoxy) is 1. The average molecular weight is 312 g/mol. The van der Waals surface area contributed by atoms with Crippen molar-refractivity contribution < 1.29 is 13.2 Å². The number of benzene rings is 1. The number of nitrogens with one attached hydrogen (secondary N) is 1. The maximum absolute atomic E-state index is 13.0. The van der Waals surface area contributed by atoms with Crippen LogP contribution in [0.25, 0.3) is 0 Å². The van der Waals surface area contributed by atoms with Crippen LogP contribution in [0.15, 0.2) is 23.1 Å². The van der Waals surface area contributed by atoms with Crippen molar-refractivity contribution in [3.05, 3.63) is 23.8 Å². The standard InChI is InChI=1S/C15H24N2O3S/c1-12-7-8-14(20-3)15(10-12)21(18,19)17-9-5-4-6-13(17)11-16-2/h7-8,10,13,16H,4-6,9,11H2,1-3H3. The molecular formula is C15H24N2O3S. The van der Waals surface area contributed by atoms with Crippen LogP contribution in [-0.2, 0) is 10.0 Å². The van der Waals surface area contributed by atoms with Gasteiger partial charge < -0.3 is 10.1 Å². The number of likely N-dealkylation sites (N-methyl/N-ethyl adjacent to an activating group) is 1. The van der Waals surface area contributed by atoms with E-state index in [2.05, 4.69) is 5.32 Å². The Morgan fingerprint density at radius 1 is 1.38 bits per heavy atom. The van der Waals surface area contributed by atoms with E-state index in [4.69, 9.17) is 4.74 Å². The Hall–Kier alpha value is -1.11. The van der Waals surface area contributed by atoms with Crippen molar-refractivity contribution >= 4 is 10.0 Å². The summed E-state index contributed by atoms with van der Waals surface area (Å²) in [6, 6.07) is 5.29. The third kappa shape index (κ3) is 3.39. The van der Waals surface area contributed by atoms with Gasteiger partial charge in [0.25, 0.3) is 0 Å². The number of nitrogens with zero attached hydrogens (tertiary/aromatic N) is 1. The fourth-order valence-corrected chi connectivity index (χ4v) is 4.78. The molecule has 2 rings (SSSR count). The first-order valence-electron chi connectivity index (χ1n) is 7.31. The summed E-state index contributed by atoms with van der Waals surface area (Å²) < 4.78 is 32.9. The summed E-state index contributed by atoms with van der Waals surface area (Å²) in [4.78, 5) is 0.271. The quantitative estimate of drug-likeness (QED) is 0.900. The van der Waals surface area contributed by atoms with Gasteiger partial charge in [-0.1, -0.05) is 12.5 Å². The Bertz CT molecular complexity index is 585. The molecule has 1 aromatic rings. The van der Waals surface area contributed by atoms with E-state index in [1.54, 1.807) is 16.4 Å². The molecule has 0 spiro atoms. The summed E-state index contributed by atoms with van der Waals surface area (Å²) in [5.74, 6) is 0.411. The van der Waals surface area contributed by atoms with Crippen LogP contribution in [0.3, 0.4) is 0 Å². The van der Waals surface area contributed by atoms with Crippen LogP contribution in [0.5, 0.6) is 5.75 Å². The number of hydrogen-bond acceptors (Lipinski definition) is 4. The molecule has 1 heterocycles. The summed E-state index contributed by atoms with van der Waals surface area (Å²) in [5, 5.41) is 3.09. The zero-order valence-electron chi connectivity index (χ0n) is 12.9. The van der Waals surface area contributed by atoms with E-state index < -0.39 is 10.0 Å². The topological polar surface area (TPSA) is 58.6 Å². The predicted molar refractivity (Wildman–Crippen MR) is 83.2 cm³/mol. The molecule has 0 aromatic heterocycles. The average Bonchev–Trinajstić information content (AvgIpc) is 2.48. The maximum atomic E-state index is 13.0. The molecular weight excluding hydrogens is 288 g/mol. The third-order valence-electron chi connectivity index (χ3n) is 3.92. The van der Waals surface area contributed by atoms with Crippen molar-refractivity contribution in [3.63, 3.8) is 0 Å². The van der Waals surface area contributed by atoms with E-state index in [9.17, 15) is 8.42 Å². The minimum absolute atomic E-state index is 0.0129. The fraction of sp³-hybridized carbons (Fsp3) is 0.600. The Morgan fingerprint density at radius 3 is 2.81 bits per heavy atom. The van der Waals surface area contributed by atoms with Crippen LogP contribution >= 0.6 is 0 Å². The second-order valence-corrected chi connectivity index (χ2v) is 7.34. The van der Waals surface area contributed by atoms with E-state index in [0.717, 1.165) is 24.8 Å². The van der Waals surface area contributed by atoms with Crippen molar-refractivity contribution in [1.29, 1.82) is 0 Å². The van der Waals surface area contributed by atoms with Crippen LogP contribution in [0.4, 0.5) is 0 Å². The number of rotatable bonds is 5. The molecule has 1 aromatic carbocycles. The first-order chi connectivity index (χ1) is 10.0. The SMILES string of the molecule is CNCC1CCCCN1S(=O)(=O)c1cc(C)ccc1OC. The van der Waals surface area contributed by atoms with Crippen LogP contribution < -0.4 is 10.1 Å². The van der Waals surface area contributed by atoms with E-state index >= 15 is 0 Å². The third-order valence-corrected chi connectivity index (χ3v) is 5.89. The molecule has 0 amide bonds. The highest BCUT2D eigenvalue weighted by molar-refractivity contribution is 7.89. The monoisotopic (exact) mass is 312 g/mol. The molecule has 5 nitrogen and oxygen atoms in total. The number of sulfonamides is 1. The van der Waals surface area contributed by atoms with Crippen molar-refractivity contribution in [2.45, 2.75) is 37.1 Å². The molecule has 1 aliphatic heterocycles. The lowest BCUT2D eigenvalue weighted by Gasteiger charge is -2.34. The first kappa shape index (κ1) is 16.3. The van der Waals surface area contributed by atoms with Gasteiger partial charge in [0.1, 0.15) is 10.6 Å². The summed E-state index contributed by atoms with van der Waals surface area (Å²) >= 11 is 0. The summed E-state index contributed by atoms with van der Waals surface area (Å²) in [6.07, 6.45) is 2.88. The van der Waals surface area contributed by atoms with E-state index in [0.29, 0.717) is 18.8 Å². The number of piperidine rings is 1. The number of hydrogen-bond donors (Lipinski definition) is 1. The Balaban J connectivity index is 2.42. The van der Waals surface area contributed by atoms with Crippen molar-refractivity contribution in [2.24, 2.45) is 0 Å². The molecule has 1 fully saturated rings. The van der Waals surface area contributed by atoms with Crippen molar-refractivity contribution in [2.75, 3.05) is 27.2 Å². The zero-order chi connectivity index (χ0) is 15.5. The lowest BCUT2D eigenvalue weighted by molar-refractivity contribution is 0.248. The van der Waals surface area contributed by atoms with Crippen LogP contribution in [0.2, 0.25) is 0 Å². The van der Waals surface area contributed by atoms with Crippen LogP contribution in [0.1, 0.15) is 24.8 Å². The molecule has 21 heavy (non-hydrogen) atoms. The van der Waals surface area contributed by atoms with Crippen molar-refractivity contribution in [1.82, 2.24) is 9.62 Å². The van der Waals surface area contributed by atoms with E-state index in [1.807, 2.05) is 20.0 Å². The van der Waals surface area contributed by atoms with Gasteiger partial charge in [0.05, 0.1) is 7.11 Å². The summed E-state index contributed by atoms with van der Waals surface area (Å²) in [5.41, 5.74) is 0.913.